The van der Waals surface area contributed by atoms with Crippen molar-refractivity contribution >= 4 is 53.6 Å². The first-order valence-electron chi connectivity index (χ1n) is 9.50. The molecular weight excluding hydrogens is 482 g/mol. The lowest BCUT2D eigenvalue weighted by Crippen LogP contribution is -2.04. The molecule has 0 atom stereocenters. The predicted molar refractivity (Wildman–Crippen MR) is 127 cm³/mol. The van der Waals surface area contributed by atoms with E-state index in [4.69, 9.17) is 25.8 Å². The lowest BCUT2D eigenvalue weighted by Gasteiger charge is -2.14. The minimum Gasteiger partial charge on any atom is -0.490 e. The standard InChI is InChI=1S/C21H20ClFN4O3.2ClH/c1-3-28-17-7-12-10-24-19-20(27-13-5-6-15(23)14(22)8-13)25-11-26-21(19)30-16(12)9-18(17)29-4-2;;/h5-9,11,24H,3-4,10H2,1-2H3,(H,25,26,27);2*1H. The Morgan fingerprint density at radius 1 is 1.09 bits per heavy atom. The molecule has 0 fully saturated rings. The number of fused-ring (bicyclic) bond motifs is 2. The summed E-state index contributed by atoms with van der Waals surface area (Å²) < 4.78 is 30.9. The van der Waals surface area contributed by atoms with E-state index in [1.807, 2.05) is 19.9 Å². The highest BCUT2D eigenvalue weighted by atomic mass is 35.5. The van der Waals surface area contributed by atoms with Crippen molar-refractivity contribution in [1.29, 1.82) is 0 Å². The molecule has 7 nitrogen and oxygen atoms in total. The van der Waals surface area contributed by atoms with Crippen molar-refractivity contribution in [3.8, 4) is 23.1 Å². The average Bonchev–Trinajstić information content (AvgIpc) is 2.91. The molecule has 2 aromatic carbocycles. The summed E-state index contributed by atoms with van der Waals surface area (Å²) in [5.41, 5.74) is 2.05. The molecule has 0 saturated carbocycles. The zero-order valence-electron chi connectivity index (χ0n) is 17.3. The number of nitrogens with one attached hydrogen (secondary N) is 2. The third-order valence-corrected chi connectivity index (χ3v) is 4.67. The summed E-state index contributed by atoms with van der Waals surface area (Å²) in [6.07, 6.45) is 1.39. The van der Waals surface area contributed by atoms with Crippen LogP contribution in [0.3, 0.4) is 0 Å². The fourth-order valence-corrected chi connectivity index (χ4v) is 3.23. The van der Waals surface area contributed by atoms with Crippen LogP contribution in [0.1, 0.15) is 19.4 Å². The lowest BCUT2D eigenvalue weighted by atomic mass is 10.1. The second kappa shape index (κ2) is 11.3. The van der Waals surface area contributed by atoms with Gasteiger partial charge in [0.1, 0.15) is 23.6 Å². The summed E-state index contributed by atoms with van der Waals surface area (Å²) in [4.78, 5) is 8.54. The summed E-state index contributed by atoms with van der Waals surface area (Å²) in [5.74, 6) is 2.21. The van der Waals surface area contributed by atoms with Crippen LogP contribution in [0.15, 0.2) is 36.7 Å². The average molecular weight is 504 g/mol. The molecule has 11 heteroatoms. The van der Waals surface area contributed by atoms with E-state index < -0.39 is 5.82 Å². The van der Waals surface area contributed by atoms with Gasteiger partial charge < -0.3 is 24.8 Å². The van der Waals surface area contributed by atoms with Crippen LogP contribution in [0.2, 0.25) is 5.02 Å². The monoisotopic (exact) mass is 502 g/mol. The quantitative estimate of drug-likeness (QED) is 0.404. The minimum atomic E-state index is -0.490. The third-order valence-electron chi connectivity index (χ3n) is 4.38. The molecule has 3 aromatic rings. The number of ether oxygens (including phenoxy) is 3. The Kier molecular flexibility index (Phi) is 9.00. The molecule has 0 saturated heterocycles. The van der Waals surface area contributed by atoms with Gasteiger partial charge in [-0.3, -0.25) is 0 Å². The fraction of sp³-hybridized carbons (Fsp3) is 0.238. The van der Waals surface area contributed by atoms with E-state index >= 15 is 0 Å². The van der Waals surface area contributed by atoms with Gasteiger partial charge in [0.2, 0.25) is 5.88 Å². The zero-order chi connectivity index (χ0) is 21.1. The molecule has 0 bridgehead atoms. The van der Waals surface area contributed by atoms with Crippen LogP contribution in [0.4, 0.5) is 21.6 Å². The van der Waals surface area contributed by atoms with E-state index in [0.717, 1.165) is 5.56 Å². The van der Waals surface area contributed by atoms with Gasteiger partial charge in [-0.25, -0.2) is 9.37 Å². The first-order chi connectivity index (χ1) is 14.6. The van der Waals surface area contributed by atoms with E-state index in [1.165, 1.54) is 18.5 Å². The molecule has 0 unspecified atom stereocenters. The normalized spacial score (nSPS) is 11.2. The molecule has 0 spiro atoms. The number of hydrogen-bond acceptors (Lipinski definition) is 7. The van der Waals surface area contributed by atoms with Gasteiger partial charge in [0, 0.05) is 23.9 Å². The van der Waals surface area contributed by atoms with Crippen LogP contribution in [0.25, 0.3) is 0 Å². The Morgan fingerprint density at radius 3 is 2.50 bits per heavy atom. The van der Waals surface area contributed by atoms with E-state index in [0.29, 0.717) is 60.1 Å². The molecule has 2 N–H and O–H groups in total. The number of aromatic nitrogens is 2. The van der Waals surface area contributed by atoms with Gasteiger partial charge in [-0.05, 0) is 38.1 Å². The molecule has 4 rings (SSSR count). The topological polar surface area (TPSA) is 77.5 Å². The number of benzene rings is 2. The Bertz CT molecular complexity index is 1090. The first kappa shape index (κ1) is 25.6. The molecule has 1 aliphatic rings. The molecule has 0 aliphatic carbocycles. The molecular formula is C21H22Cl3FN4O3. The van der Waals surface area contributed by atoms with Gasteiger partial charge in [0.05, 0.1) is 18.2 Å². The molecule has 0 radical (unpaired) electrons. The molecule has 2 heterocycles. The van der Waals surface area contributed by atoms with E-state index in [1.54, 1.807) is 12.1 Å². The molecule has 0 amide bonds. The smallest absolute Gasteiger partial charge is 0.248 e. The Balaban J connectivity index is 0.00000181. The van der Waals surface area contributed by atoms with Crippen molar-refractivity contribution in [2.24, 2.45) is 0 Å². The van der Waals surface area contributed by atoms with Gasteiger partial charge in [-0.15, -0.1) is 24.8 Å². The van der Waals surface area contributed by atoms with E-state index in [-0.39, 0.29) is 29.8 Å². The van der Waals surface area contributed by atoms with Gasteiger partial charge >= 0.3 is 0 Å². The van der Waals surface area contributed by atoms with Crippen LogP contribution in [0.5, 0.6) is 23.1 Å². The number of rotatable bonds is 6. The number of halogens is 4. The molecule has 172 valence electrons. The largest absolute Gasteiger partial charge is 0.490 e. The maximum atomic E-state index is 13.5. The van der Waals surface area contributed by atoms with E-state index in [9.17, 15) is 4.39 Å². The molecule has 1 aromatic heterocycles. The van der Waals surface area contributed by atoms with Crippen LogP contribution in [-0.2, 0) is 6.54 Å². The van der Waals surface area contributed by atoms with Crippen molar-refractivity contribution in [3.05, 3.63) is 53.1 Å². The Hall–Kier alpha value is -2.68. The van der Waals surface area contributed by atoms with Gasteiger partial charge in [0.25, 0.3) is 0 Å². The highest BCUT2D eigenvalue weighted by Crippen LogP contribution is 2.42. The second-order valence-corrected chi connectivity index (χ2v) is 6.79. The maximum absolute atomic E-state index is 13.5. The lowest BCUT2D eigenvalue weighted by molar-refractivity contribution is 0.286. The fourth-order valence-electron chi connectivity index (χ4n) is 3.05. The van der Waals surface area contributed by atoms with Crippen LogP contribution in [-0.4, -0.2) is 23.2 Å². The molecule has 32 heavy (non-hydrogen) atoms. The first-order valence-corrected chi connectivity index (χ1v) is 9.88. The maximum Gasteiger partial charge on any atom is 0.248 e. The second-order valence-electron chi connectivity index (χ2n) is 6.38. The van der Waals surface area contributed by atoms with Crippen molar-refractivity contribution in [2.75, 3.05) is 23.8 Å². The van der Waals surface area contributed by atoms with Crippen LogP contribution in [0, 0.1) is 5.82 Å². The predicted octanol–water partition coefficient (Wildman–Crippen LogP) is 6.37. The van der Waals surface area contributed by atoms with Crippen molar-refractivity contribution in [1.82, 2.24) is 9.97 Å². The van der Waals surface area contributed by atoms with Gasteiger partial charge in [-0.1, -0.05) is 11.6 Å². The number of anilines is 3. The van der Waals surface area contributed by atoms with Crippen molar-refractivity contribution in [3.63, 3.8) is 0 Å². The number of hydrogen-bond donors (Lipinski definition) is 2. The van der Waals surface area contributed by atoms with Crippen LogP contribution < -0.4 is 24.8 Å². The SMILES string of the molecule is CCOc1cc2c(cc1OCC)Oc1ncnc(Nc3ccc(F)c(Cl)c3)c1NC2.Cl.Cl. The third kappa shape index (κ3) is 5.38. The number of nitrogens with zero attached hydrogens (tertiary/aromatic N) is 2. The van der Waals surface area contributed by atoms with Gasteiger partial charge in [0.15, 0.2) is 17.3 Å². The summed E-state index contributed by atoms with van der Waals surface area (Å²) in [5, 5.41) is 6.44. The Morgan fingerprint density at radius 2 is 1.81 bits per heavy atom. The summed E-state index contributed by atoms with van der Waals surface area (Å²) >= 11 is 5.88. The van der Waals surface area contributed by atoms with E-state index in [2.05, 4.69) is 20.6 Å². The highest BCUT2D eigenvalue weighted by Gasteiger charge is 2.22. The summed E-state index contributed by atoms with van der Waals surface area (Å²) in [7, 11) is 0. The minimum absolute atomic E-state index is 0. The van der Waals surface area contributed by atoms with Crippen molar-refractivity contribution in [2.45, 2.75) is 20.4 Å². The van der Waals surface area contributed by atoms with Gasteiger partial charge in [-0.2, -0.15) is 4.98 Å². The highest BCUT2D eigenvalue weighted by molar-refractivity contribution is 6.31. The summed E-state index contributed by atoms with van der Waals surface area (Å²) in [6.45, 7) is 5.31. The molecule has 1 aliphatic heterocycles. The van der Waals surface area contributed by atoms with Crippen molar-refractivity contribution < 1.29 is 18.6 Å². The zero-order valence-corrected chi connectivity index (χ0v) is 19.7. The Labute approximate surface area is 202 Å². The summed E-state index contributed by atoms with van der Waals surface area (Å²) in [6, 6.07) is 8.04. The van der Waals surface area contributed by atoms with Crippen LogP contribution >= 0.6 is 36.4 Å².